The zero-order valence-electron chi connectivity index (χ0n) is 10.7. The summed E-state index contributed by atoms with van der Waals surface area (Å²) in [5.74, 6) is 5.36. The number of rotatable bonds is 3. The van der Waals surface area contributed by atoms with E-state index in [-0.39, 0.29) is 12.5 Å². The SMILES string of the molecule is O=C(Nc1ccncc1)c1ccc(C#CCCO)cn1. The van der Waals surface area contributed by atoms with Crippen molar-refractivity contribution in [2.45, 2.75) is 6.42 Å². The molecule has 2 N–H and O–H groups in total. The van der Waals surface area contributed by atoms with Crippen molar-refractivity contribution < 1.29 is 9.90 Å². The molecule has 0 aliphatic rings. The van der Waals surface area contributed by atoms with Crippen LogP contribution in [0.2, 0.25) is 0 Å². The first-order valence-corrected chi connectivity index (χ1v) is 6.07. The van der Waals surface area contributed by atoms with Gasteiger partial charge in [0.1, 0.15) is 5.69 Å². The maximum atomic E-state index is 11.9. The molecule has 20 heavy (non-hydrogen) atoms. The second-order valence-electron chi connectivity index (χ2n) is 3.90. The van der Waals surface area contributed by atoms with Crippen LogP contribution in [0, 0.1) is 11.8 Å². The number of hydrogen-bond donors (Lipinski definition) is 2. The van der Waals surface area contributed by atoms with Gasteiger partial charge in [-0.2, -0.15) is 0 Å². The Balaban J connectivity index is 2.03. The van der Waals surface area contributed by atoms with E-state index in [0.29, 0.717) is 23.4 Å². The summed E-state index contributed by atoms with van der Waals surface area (Å²) in [4.78, 5) is 19.9. The van der Waals surface area contributed by atoms with E-state index < -0.39 is 0 Å². The number of aliphatic hydroxyl groups excluding tert-OH is 1. The summed E-state index contributed by atoms with van der Waals surface area (Å²) in [5.41, 5.74) is 1.69. The highest BCUT2D eigenvalue weighted by Crippen LogP contribution is 2.06. The van der Waals surface area contributed by atoms with Crippen molar-refractivity contribution in [2.24, 2.45) is 0 Å². The number of pyridine rings is 2. The molecule has 0 spiro atoms. The molecule has 5 heteroatoms. The summed E-state index contributed by atoms with van der Waals surface area (Å²) in [6, 6.07) is 6.73. The number of amides is 1. The summed E-state index contributed by atoms with van der Waals surface area (Å²) in [6.45, 7) is 0.0346. The van der Waals surface area contributed by atoms with Crippen molar-refractivity contribution in [3.05, 3.63) is 54.1 Å². The van der Waals surface area contributed by atoms with E-state index in [1.165, 1.54) is 6.20 Å². The van der Waals surface area contributed by atoms with E-state index in [2.05, 4.69) is 27.1 Å². The summed E-state index contributed by atoms with van der Waals surface area (Å²) in [6.07, 6.45) is 5.15. The highest BCUT2D eigenvalue weighted by atomic mass is 16.2. The molecule has 2 aromatic rings. The number of nitrogens with zero attached hydrogens (tertiary/aromatic N) is 2. The minimum atomic E-state index is -0.286. The summed E-state index contributed by atoms with van der Waals surface area (Å²) < 4.78 is 0. The molecule has 2 heterocycles. The van der Waals surface area contributed by atoms with Gasteiger partial charge >= 0.3 is 0 Å². The van der Waals surface area contributed by atoms with Crippen LogP contribution in [-0.4, -0.2) is 27.6 Å². The van der Waals surface area contributed by atoms with E-state index in [4.69, 9.17) is 5.11 Å². The molecule has 0 saturated carbocycles. The van der Waals surface area contributed by atoms with Crippen molar-refractivity contribution in [1.29, 1.82) is 0 Å². The fourth-order valence-corrected chi connectivity index (χ4v) is 1.45. The van der Waals surface area contributed by atoms with Gasteiger partial charge < -0.3 is 10.4 Å². The van der Waals surface area contributed by atoms with Crippen LogP contribution in [0.5, 0.6) is 0 Å². The third-order valence-corrected chi connectivity index (χ3v) is 2.40. The van der Waals surface area contributed by atoms with E-state index in [1.54, 1.807) is 36.7 Å². The Hall–Kier alpha value is -2.71. The topological polar surface area (TPSA) is 75.1 Å². The molecule has 0 aliphatic carbocycles. The number of aliphatic hydroxyl groups is 1. The molecule has 5 nitrogen and oxygen atoms in total. The average Bonchev–Trinajstić information content (AvgIpc) is 2.49. The van der Waals surface area contributed by atoms with Crippen LogP contribution in [0.15, 0.2) is 42.9 Å². The lowest BCUT2D eigenvalue weighted by atomic mass is 10.2. The number of hydrogen-bond acceptors (Lipinski definition) is 4. The molecule has 2 rings (SSSR count). The Morgan fingerprint density at radius 1 is 1.25 bits per heavy atom. The summed E-state index contributed by atoms with van der Waals surface area (Å²) >= 11 is 0. The van der Waals surface area contributed by atoms with Gasteiger partial charge in [-0.15, -0.1) is 0 Å². The number of carbonyl (C=O) groups is 1. The maximum Gasteiger partial charge on any atom is 0.274 e. The minimum absolute atomic E-state index is 0.0346. The summed E-state index contributed by atoms with van der Waals surface area (Å²) in [7, 11) is 0. The fraction of sp³-hybridized carbons (Fsp3) is 0.133. The molecule has 0 aliphatic heterocycles. The standard InChI is InChI=1S/C15H13N3O2/c19-10-2-1-3-12-4-5-14(17-11-12)15(20)18-13-6-8-16-9-7-13/h4-9,11,19H,2,10H2,(H,16,18,20). The molecule has 0 aromatic carbocycles. The van der Waals surface area contributed by atoms with Gasteiger partial charge in [0.25, 0.3) is 5.91 Å². The molecular weight excluding hydrogens is 254 g/mol. The van der Waals surface area contributed by atoms with Crippen LogP contribution < -0.4 is 5.32 Å². The van der Waals surface area contributed by atoms with Gasteiger partial charge in [0, 0.05) is 36.3 Å². The number of nitrogens with one attached hydrogen (secondary N) is 1. The Bertz CT molecular complexity index is 628. The van der Waals surface area contributed by atoms with E-state index >= 15 is 0 Å². The predicted octanol–water partition coefficient (Wildman–Crippen LogP) is 1.46. The van der Waals surface area contributed by atoms with E-state index in [0.717, 1.165) is 0 Å². The lowest BCUT2D eigenvalue weighted by Gasteiger charge is -2.03. The third kappa shape index (κ3) is 3.90. The molecule has 100 valence electrons. The van der Waals surface area contributed by atoms with Crippen LogP contribution in [0.3, 0.4) is 0 Å². The van der Waals surface area contributed by atoms with Gasteiger partial charge in [-0.3, -0.25) is 9.78 Å². The molecule has 0 saturated heterocycles. The van der Waals surface area contributed by atoms with Crippen LogP contribution in [0.1, 0.15) is 22.5 Å². The second-order valence-corrected chi connectivity index (χ2v) is 3.90. The maximum absolute atomic E-state index is 11.9. The Morgan fingerprint density at radius 2 is 2.05 bits per heavy atom. The normalized spacial score (nSPS) is 9.45. The lowest BCUT2D eigenvalue weighted by molar-refractivity contribution is 0.102. The Kier molecular flexibility index (Phi) is 4.81. The molecule has 0 atom stereocenters. The van der Waals surface area contributed by atoms with Crippen molar-refractivity contribution in [2.75, 3.05) is 11.9 Å². The molecule has 0 unspecified atom stereocenters. The number of anilines is 1. The van der Waals surface area contributed by atoms with Crippen molar-refractivity contribution in [1.82, 2.24) is 9.97 Å². The van der Waals surface area contributed by atoms with Crippen molar-refractivity contribution in [3.63, 3.8) is 0 Å². The zero-order chi connectivity index (χ0) is 14.2. The Labute approximate surface area is 116 Å². The average molecular weight is 267 g/mol. The first-order valence-electron chi connectivity index (χ1n) is 6.07. The first kappa shape index (κ1) is 13.7. The van der Waals surface area contributed by atoms with Gasteiger partial charge in [-0.1, -0.05) is 11.8 Å². The predicted molar refractivity (Wildman–Crippen MR) is 75.0 cm³/mol. The first-order chi connectivity index (χ1) is 9.79. The summed E-state index contributed by atoms with van der Waals surface area (Å²) in [5, 5.41) is 11.3. The van der Waals surface area contributed by atoms with Crippen LogP contribution in [0.25, 0.3) is 0 Å². The van der Waals surface area contributed by atoms with Gasteiger partial charge in [0.15, 0.2) is 0 Å². The molecule has 0 bridgehead atoms. The van der Waals surface area contributed by atoms with Gasteiger partial charge in [-0.05, 0) is 24.3 Å². The molecule has 0 radical (unpaired) electrons. The smallest absolute Gasteiger partial charge is 0.274 e. The largest absolute Gasteiger partial charge is 0.395 e. The molecule has 0 fully saturated rings. The molecular formula is C15H13N3O2. The molecule has 2 aromatic heterocycles. The van der Waals surface area contributed by atoms with Crippen LogP contribution >= 0.6 is 0 Å². The monoisotopic (exact) mass is 267 g/mol. The second kappa shape index (κ2) is 7.02. The third-order valence-electron chi connectivity index (χ3n) is 2.40. The highest BCUT2D eigenvalue weighted by Gasteiger charge is 2.06. The van der Waals surface area contributed by atoms with Gasteiger partial charge in [0.05, 0.1) is 6.61 Å². The number of aromatic nitrogens is 2. The quantitative estimate of drug-likeness (QED) is 0.826. The van der Waals surface area contributed by atoms with Gasteiger partial charge in [-0.25, -0.2) is 4.98 Å². The van der Waals surface area contributed by atoms with E-state index in [9.17, 15) is 4.79 Å². The fourth-order valence-electron chi connectivity index (χ4n) is 1.45. The molecule has 1 amide bonds. The highest BCUT2D eigenvalue weighted by molar-refractivity contribution is 6.02. The minimum Gasteiger partial charge on any atom is -0.395 e. The Morgan fingerprint density at radius 3 is 2.70 bits per heavy atom. The zero-order valence-corrected chi connectivity index (χ0v) is 10.7. The van der Waals surface area contributed by atoms with E-state index in [1.807, 2.05) is 0 Å². The van der Waals surface area contributed by atoms with Crippen molar-refractivity contribution in [3.8, 4) is 11.8 Å². The van der Waals surface area contributed by atoms with Crippen LogP contribution in [0.4, 0.5) is 5.69 Å². The lowest BCUT2D eigenvalue weighted by Crippen LogP contribution is -2.13. The number of carbonyl (C=O) groups excluding carboxylic acids is 1. The van der Waals surface area contributed by atoms with Crippen molar-refractivity contribution >= 4 is 11.6 Å². The van der Waals surface area contributed by atoms with Gasteiger partial charge in [0.2, 0.25) is 0 Å². The van der Waals surface area contributed by atoms with Crippen LogP contribution in [-0.2, 0) is 0 Å².